The largest absolute Gasteiger partial charge is 0.352 e. The van der Waals surface area contributed by atoms with E-state index >= 15 is 0 Å². The van der Waals surface area contributed by atoms with Gasteiger partial charge in [0.05, 0.1) is 10.6 Å². The van der Waals surface area contributed by atoms with Crippen molar-refractivity contribution in [1.82, 2.24) is 10.2 Å². The molecule has 3 aromatic rings. The summed E-state index contributed by atoms with van der Waals surface area (Å²) in [6.07, 6.45) is 1.14. The van der Waals surface area contributed by atoms with Crippen LogP contribution in [-0.2, 0) is 26.2 Å². The van der Waals surface area contributed by atoms with Gasteiger partial charge in [-0.15, -0.1) is 0 Å². The SMILES string of the molecule is CC[C@@H](C)NC(=O)[C@@H](CC)N(Cc1cccc(C)c1)C(=O)CN(c1ccc(C)cc1C)S(=O)(=O)c1ccccc1. The summed E-state index contributed by atoms with van der Waals surface area (Å²) in [5.41, 5.74) is 4.05. The molecule has 0 aliphatic rings. The van der Waals surface area contributed by atoms with Gasteiger partial charge in [-0.25, -0.2) is 8.42 Å². The first-order chi connectivity index (χ1) is 19.0. The number of nitrogens with one attached hydrogen (secondary N) is 1. The van der Waals surface area contributed by atoms with Gasteiger partial charge >= 0.3 is 0 Å². The van der Waals surface area contributed by atoms with Gasteiger partial charge in [0.1, 0.15) is 12.6 Å². The van der Waals surface area contributed by atoms with Crippen molar-refractivity contribution in [2.75, 3.05) is 10.8 Å². The number of aryl methyl sites for hydroxylation is 3. The molecule has 0 aliphatic heterocycles. The molecule has 214 valence electrons. The van der Waals surface area contributed by atoms with Gasteiger partial charge in [0, 0.05) is 12.6 Å². The number of rotatable bonds is 12. The van der Waals surface area contributed by atoms with E-state index < -0.39 is 28.5 Å². The Hall–Kier alpha value is -3.65. The molecular weight excluding hydrogens is 522 g/mol. The first-order valence-electron chi connectivity index (χ1n) is 13.8. The summed E-state index contributed by atoms with van der Waals surface area (Å²) in [5.74, 6) is -0.700. The molecule has 0 unspecified atom stereocenters. The Balaban J connectivity index is 2.08. The molecular formula is C32H41N3O4S. The maximum absolute atomic E-state index is 14.2. The molecule has 2 atom stereocenters. The van der Waals surface area contributed by atoms with E-state index in [0.717, 1.165) is 28.7 Å². The average Bonchev–Trinajstić information content (AvgIpc) is 2.92. The van der Waals surface area contributed by atoms with Crippen molar-refractivity contribution in [3.05, 3.63) is 95.1 Å². The predicted molar refractivity (Wildman–Crippen MR) is 161 cm³/mol. The highest BCUT2D eigenvalue weighted by Crippen LogP contribution is 2.28. The smallest absolute Gasteiger partial charge is 0.264 e. The fraction of sp³-hybridized carbons (Fsp3) is 0.375. The number of anilines is 1. The monoisotopic (exact) mass is 563 g/mol. The molecule has 2 amide bonds. The van der Waals surface area contributed by atoms with Gasteiger partial charge in [-0.1, -0.05) is 79.6 Å². The molecule has 40 heavy (non-hydrogen) atoms. The van der Waals surface area contributed by atoms with Crippen LogP contribution in [0.5, 0.6) is 0 Å². The van der Waals surface area contributed by atoms with Crippen molar-refractivity contribution in [2.45, 2.75) is 77.9 Å². The molecule has 0 spiro atoms. The lowest BCUT2D eigenvalue weighted by Gasteiger charge is -2.34. The van der Waals surface area contributed by atoms with E-state index in [0.29, 0.717) is 12.1 Å². The van der Waals surface area contributed by atoms with E-state index in [1.54, 1.807) is 24.3 Å². The number of amides is 2. The second-order valence-electron chi connectivity index (χ2n) is 10.4. The van der Waals surface area contributed by atoms with Crippen molar-refractivity contribution in [1.29, 1.82) is 0 Å². The number of carbonyl (C=O) groups is 2. The van der Waals surface area contributed by atoms with Gasteiger partial charge in [-0.05, 0) is 69.9 Å². The van der Waals surface area contributed by atoms with Crippen LogP contribution in [0.25, 0.3) is 0 Å². The lowest BCUT2D eigenvalue weighted by molar-refractivity contribution is -0.140. The van der Waals surface area contributed by atoms with Gasteiger partial charge in [0.2, 0.25) is 11.8 Å². The summed E-state index contributed by atoms with van der Waals surface area (Å²) in [7, 11) is -4.09. The molecule has 0 fully saturated rings. The van der Waals surface area contributed by atoms with Crippen LogP contribution in [0.1, 0.15) is 55.9 Å². The number of sulfonamides is 1. The number of nitrogens with zero attached hydrogens (tertiary/aromatic N) is 2. The second kappa shape index (κ2) is 13.6. The standard InChI is InChI=1S/C32H41N3O4S/c1-7-26(6)33-32(37)29(8-2)34(21-27-14-12-13-23(3)20-27)31(36)22-35(30-18-17-24(4)19-25(30)5)40(38,39)28-15-10-9-11-16-28/h9-20,26,29H,7-8,21-22H2,1-6H3,(H,33,37)/t26-,29-/m1/s1. The molecule has 0 radical (unpaired) electrons. The summed E-state index contributed by atoms with van der Waals surface area (Å²) in [4.78, 5) is 29.2. The van der Waals surface area contributed by atoms with E-state index in [9.17, 15) is 18.0 Å². The zero-order valence-corrected chi connectivity index (χ0v) is 25.2. The van der Waals surface area contributed by atoms with Crippen LogP contribution in [0.4, 0.5) is 5.69 Å². The number of benzene rings is 3. The molecule has 3 rings (SSSR count). The zero-order chi connectivity index (χ0) is 29.4. The zero-order valence-electron chi connectivity index (χ0n) is 24.3. The summed E-state index contributed by atoms with van der Waals surface area (Å²) < 4.78 is 29.1. The maximum Gasteiger partial charge on any atom is 0.264 e. The molecule has 3 aromatic carbocycles. The molecule has 0 aromatic heterocycles. The first kappa shape index (κ1) is 30.9. The molecule has 0 saturated heterocycles. The summed E-state index contributed by atoms with van der Waals surface area (Å²) in [6.45, 7) is 11.2. The molecule has 1 N–H and O–H groups in total. The van der Waals surface area contributed by atoms with Crippen molar-refractivity contribution in [3.8, 4) is 0 Å². The minimum absolute atomic E-state index is 0.0531. The Labute approximate surface area is 239 Å². The van der Waals surface area contributed by atoms with Gasteiger partial charge in [-0.2, -0.15) is 0 Å². The predicted octanol–water partition coefficient (Wildman–Crippen LogP) is 5.53. The van der Waals surface area contributed by atoms with Crippen LogP contribution in [0.2, 0.25) is 0 Å². The molecule has 7 nitrogen and oxygen atoms in total. The van der Waals surface area contributed by atoms with Crippen LogP contribution in [-0.4, -0.2) is 43.8 Å². The van der Waals surface area contributed by atoms with Gasteiger partial charge < -0.3 is 10.2 Å². The quantitative estimate of drug-likeness (QED) is 0.314. The van der Waals surface area contributed by atoms with Crippen LogP contribution in [0.3, 0.4) is 0 Å². The molecule has 8 heteroatoms. The van der Waals surface area contributed by atoms with Crippen molar-refractivity contribution in [2.24, 2.45) is 0 Å². The third kappa shape index (κ3) is 7.50. The minimum Gasteiger partial charge on any atom is -0.352 e. The molecule has 0 aliphatic carbocycles. The first-order valence-corrected chi connectivity index (χ1v) is 15.2. The highest BCUT2D eigenvalue weighted by atomic mass is 32.2. The normalized spacial score (nSPS) is 12.8. The topological polar surface area (TPSA) is 86.8 Å². The highest BCUT2D eigenvalue weighted by molar-refractivity contribution is 7.92. The van der Waals surface area contributed by atoms with E-state index in [2.05, 4.69) is 5.32 Å². The van der Waals surface area contributed by atoms with E-state index in [-0.39, 0.29) is 23.4 Å². The third-order valence-electron chi connectivity index (χ3n) is 7.05. The molecule has 0 saturated carbocycles. The Morgan fingerprint density at radius 1 is 0.850 bits per heavy atom. The fourth-order valence-corrected chi connectivity index (χ4v) is 6.19. The Morgan fingerprint density at radius 3 is 2.12 bits per heavy atom. The Kier molecular flexibility index (Phi) is 10.5. The fourth-order valence-electron chi connectivity index (χ4n) is 4.69. The summed E-state index contributed by atoms with van der Waals surface area (Å²) in [6, 6.07) is 20.5. The minimum atomic E-state index is -4.09. The van der Waals surface area contributed by atoms with Gasteiger partial charge in [0.25, 0.3) is 10.0 Å². The van der Waals surface area contributed by atoms with Gasteiger partial charge in [-0.3, -0.25) is 13.9 Å². The van der Waals surface area contributed by atoms with Crippen molar-refractivity contribution < 1.29 is 18.0 Å². The maximum atomic E-state index is 14.2. The molecule has 0 heterocycles. The lowest BCUT2D eigenvalue weighted by Crippen LogP contribution is -2.53. The van der Waals surface area contributed by atoms with Crippen molar-refractivity contribution >= 4 is 27.5 Å². The third-order valence-corrected chi connectivity index (χ3v) is 8.83. The van der Waals surface area contributed by atoms with Crippen LogP contribution >= 0.6 is 0 Å². The van der Waals surface area contributed by atoms with Crippen molar-refractivity contribution in [3.63, 3.8) is 0 Å². The number of carbonyl (C=O) groups excluding carboxylic acids is 2. The summed E-state index contributed by atoms with van der Waals surface area (Å²) in [5, 5.41) is 3.00. The van der Waals surface area contributed by atoms with Crippen LogP contribution in [0, 0.1) is 20.8 Å². The average molecular weight is 564 g/mol. The van der Waals surface area contributed by atoms with Gasteiger partial charge in [0.15, 0.2) is 0 Å². The molecule has 0 bridgehead atoms. The van der Waals surface area contributed by atoms with E-state index in [1.807, 2.05) is 77.9 Å². The highest BCUT2D eigenvalue weighted by Gasteiger charge is 2.34. The van der Waals surface area contributed by atoms with E-state index in [1.165, 1.54) is 21.3 Å². The Morgan fingerprint density at radius 2 is 1.52 bits per heavy atom. The second-order valence-corrected chi connectivity index (χ2v) is 12.2. The summed E-state index contributed by atoms with van der Waals surface area (Å²) >= 11 is 0. The van der Waals surface area contributed by atoms with E-state index in [4.69, 9.17) is 0 Å². The lowest BCUT2D eigenvalue weighted by atomic mass is 10.1. The number of hydrogen-bond acceptors (Lipinski definition) is 4. The van der Waals surface area contributed by atoms with Crippen LogP contribution < -0.4 is 9.62 Å². The van der Waals surface area contributed by atoms with Crippen LogP contribution in [0.15, 0.2) is 77.7 Å². The Bertz CT molecular complexity index is 1420. The number of hydrogen-bond donors (Lipinski definition) is 1.